The highest BCUT2D eigenvalue weighted by molar-refractivity contribution is 5.38. The number of aliphatic hydroxyl groups excluding tert-OH is 1. The van der Waals surface area contributed by atoms with E-state index in [2.05, 4.69) is 37.5 Å². The number of piperidine rings is 1. The minimum atomic E-state index is -2.15. The molecule has 0 aromatic rings. The van der Waals surface area contributed by atoms with Crippen LogP contribution in [0.1, 0.15) is 78.1 Å². The van der Waals surface area contributed by atoms with Gasteiger partial charge >= 0.3 is 0 Å². The van der Waals surface area contributed by atoms with Crippen LogP contribution in [0.3, 0.4) is 0 Å². The standard InChI is InChI=1S/C28H43F2NO/c1-19-6-7-21(20(2)26(19)32)8-9-22-5-4-15-28(3)24(10-11-25(22)28)14-18-31-16-12-23(13-17-31)27(29)30/h8-9,19,23-27,32H,2,4-7,10-18H2,1,3H3/b21-8-,22-9+/t19?,24-,25?,26?,28?/m1/s1. The molecule has 4 unspecified atom stereocenters. The van der Waals surface area contributed by atoms with Gasteiger partial charge in [0.2, 0.25) is 6.43 Å². The van der Waals surface area contributed by atoms with Crippen LogP contribution in [0.15, 0.2) is 35.5 Å². The lowest BCUT2D eigenvalue weighted by atomic mass is 9.63. The number of hydrogen-bond donors (Lipinski definition) is 1. The first-order valence-corrected chi connectivity index (χ1v) is 13.1. The van der Waals surface area contributed by atoms with Gasteiger partial charge in [-0.3, -0.25) is 0 Å². The van der Waals surface area contributed by atoms with Crippen molar-refractivity contribution in [1.29, 1.82) is 0 Å². The largest absolute Gasteiger partial charge is 0.388 e. The fourth-order valence-corrected chi connectivity index (χ4v) is 7.22. The van der Waals surface area contributed by atoms with Gasteiger partial charge in [-0.15, -0.1) is 0 Å². The number of rotatable bonds is 5. The number of halogens is 2. The molecule has 1 aliphatic heterocycles. The Labute approximate surface area is 193 Å². The summed E-state index contributed by atoms with van der Waals surface area (Å²) in [5.41, 5.74) is 4.13. The van der Waals surface area contributed by atoms with Gasteiger partial charge in [-0.2, -0.15) is 0 Å². The van der Waals surface area contributed by atoms with E-state index in [9.17, 15) is 13.9 Å². The summed E-state index contributed by atoms with van der Waals surface area (Å²) in [5, 5.41) is 10.4. The Balaban J connectivity index is 1.36. The van der Waals surface area contributed by atoms with Crippen LogP contribution in [0.2, 0.25) is 0 Å². The average Bonchev–Trinajstić information content (AvgIpc) is 3.12. The summed E-state index contributed by atoms with van der Waals surface area (Å²) in [6, 6.07) is 0. The Morgan fingerprint density at radius 3 is 2.59 bits per heavy atom. The van der Waals surface area contributed by atoms with Crippen molar-refractivity contribution in [3.05, 3.63) is 35.5 Å². The third-order valence-electron chi connectivity index (χ3n) is 9.62. The molecule has 0 radical (unpaired) electrons. The van der Waals surface area contributed by atoms with Gasteiger partial charge in [0.15, 0.2) is 0 Å². The highest BCUT2D eigenvalue weighted by Crippen LogP contribution is 2.58. The molecule has 0 spiro atoms. The molecule has 4 aliphatic rings. The van der Waals surface area contributed by atoms with Crippen molar-refractivity contribution in [2.75, 3.05) is 19.6 Å². The van der Waals surface area contributed by atoms with Gasteiger partial charge < -0.3 is 10.0 Å². The molecule has 0 bridgehead atoms. The third kappa shape index (κ3) is 4.92. The zero-order valence-corrected chi connectivity index (χ0v) is 20.2. The molecule has 0 aromatic carbocycles. The van der Waals surface area contributed by atoms with Crippen LogP contribution in [-0.2, 0) is 0 Å². The fraction of sp³-hybridized carbons (Fsp3) is 0.786. The minimum absolute atomic E-state index is 0.307. The van der Waals surface area contributed by atoms with Crippen LogP contribution >= 0.6 is 0 Å². The van der Waals surface area contributed by atoms with E-state index in [4.69, 9.17) is 0 Å². The van der Waals surface area contributed by atoms with E-state index in [-0.39, 0.29) is 5.92 Å². The van der Waals surface area contributed by atoms with Crippen LogP contribution in [0.5, 0.6) is 0 Å². The number of likely N-dealkylation sites (tertiary alicyclic amines) is 1. The molecule has 1 saturated heterocycles. The molecule has 180 valence electrons. The van der Waals surface area contributed by atoms with Crippen LogP contribution in [0.25, 0.3) is 0 Å². The van der Waals surface area contributed by atoms with E-state index < -0.39 is 12.5 Å². The van der Waals surface area contributed by atoms with Crippen molar-refractivity contribution in [2.45, 2.75) is 90.6 Å². The monoisotopic (exact) mass is 447 g/mol. The number of alkyl halides is 2. The first-order valence-electron chi connectivity index (χ1n) is 13.1. The normalized spacial score (nSPS) is 39.9. The summed E-state index contributed by atoms with van der Waals surface area (Å²) in [6.45, 7) is 11.6. The van der Waals surface area contributed by atoms with Crippen LogP contribution in [-0.4, -0.2) is 42.2 Å². The topological polar surface area (TPSA) is 23.5 Å². The Kier molecular flexibility index (Phi) is 7.61. The van der Waals surface area contributed by atoms with Crippen molar-refractivity contribution < 1.29 is 13.9 Å². The van der Waals surface area contributed by atoms with E-state index in [1.165, 1.54) is 44.1 Å². The Morgan fingerprint density at radius 1 is 1.12 bits per heavy atom. The molecular weight excluding hydrogens is 404 g/mol. The highest BCUT2D eigenvalue weighted by Gasteiger charge is 2.48. The molecular formula is C28H43F2NO. The lowest BCUT2D eigenvalue weighted by Crippen LogP contribution is -2.39. The van der Waals surface area contributed by atoms with Crippen molar-refractivity contribution in [3.63, 3.8) is 0 Å². The van der Waals surface area contributed by atoms with Crippen molar-refractivity contribution in [2.24, 2.45) is 29.1 Å². The second kappa shape index (κ2) is 10.1. The fourth-order valence-electron chi connectivity index (χ4n) is 7.22. The predicted molar refractivity (Wildman–Crippen MR) is 128 cm³/mol. The van der Waals surface area contributed by atoms with Gasteiger partial charge in [-0.05, 0) is 118 Å². The van der Waals surface area contributed by atoms with Gasteiger partial charge in [0.25, 0.3) is 0 Å². The molecule has 32 heavy (non-hydrogen) atoms. The van der Waals surface area contributed by atoms with E-state index in [1.54, 1.807) is 5.57 Å². The molecule has 4 fully saturated rings. The van der Waals surface area contributed by atoms with E-state index in [1.807, 2.05) is 0 Å². The minimum Gasteiger partial charge on any atom is -0.388 e. The zero-order chi connectivity index (χ0) is 22.9. The summed E-state index contributed by atoms with van der Waals surface area (Å²) >= 11 is 0. The maximum absolute atomic E-state index is 12.9. The third-order valence-corrected chi connectivity index (χ3v) is 9.62. The van der Waals surface area contributed by atoms with Gasteiger partial charge in [0.1, 0.15) is 0 Å². The smallest absolute Gasteiger partial charge is 0.241 e. The SMILES string of the molecule is C=C1/C(=C\C=C2/CCCC3(C)C2CC[C@@H]3CCN2CCC(C(F)F)CC2)CCC(C)C1O. The number of hydrogen-bond acceptors (Lipinski definition) is 2. The summed E-state index contributed by atoms with van der Waals surface area (Å²) < 4.78 is 25.9. The maximum atomic E-state index is 12.9. The lowest BCUT2D eigenvalue weighted by Gasteiger charge is -2.43. The van der Waals surface area contributed by atoms with E-state index in [0.717, 1.165) is 44.0 Å². The van der Waals surface area contributed by atoms with Crippen molar-refractivity contribution in [1.82, 2.24) is 4.90 Å². The quantitative estimate of drug-likeness (QED) is 0.503. The molecule has 0 aromatic heterocycles. The number of aliphatic hydroxyl groups is 1. The van der Waals surface area contributed by atoms with Crippen LogP contribution in [0.4, 0.5) is 8.78 Å². The summed E-state index contributed by atoms with van der Waals surface area (Å²) in [6.07, 6.45) is 13.0. The first kappa shape index (κ1) is 24.1. The molecule has 2 nitrogen and oxygen atoms in total. The number of nitrogens with zero attached hydrogens (tertiary/aromatic N) is 1. The average molecular weight is 448 g/mol. The summed E-state index contributed by atoms with van der Waals surface area (Å²) in [5.74, 6) is 1.33. The molecule has 3 aliphatic carbocycles. The highest BCUT2D eigenvalue weighted by atomic mass is 19.3. The zero-order valence-electron chi connectivity index (χ0n) is 20.2. The molecule has 3 saturated carbocycles. The summed E-state index contributed by atoms with van der Waals surface area (Å²) in [7, 11) is 0. The summed E-state index contributed by atoms with van der Waals surface area (Å²) in [4.78, 5) is 2.43. The Hall–Kier alpha value is -1.00. The predicted octanol–water partition coefficient (Wildman–Crippen LogP) is 6.77. The second-order valence-electron chi connectivity index (χ2n) is 11.4. The molecule has 4 rings (SSSR count). The van der Waals surface area contributed by atoms with E-state index in [0.29, 0.717) is 30.1 Å². The van der Waals surface area contributed by atoms with Gasteiger partial charge in [0.05, 0.1) is 6.10 Å². The van der Waals surface area contributed by atoms with Crippen LogP contribution < -0.4 is 0 Å². The first-order chi connectivity index (χ1) is 15.3. The van der Waals surface area contributed by atoms with Crippen molar-refractivity contribution >= 4 is 0 Å². The van der Waals surface area contributed by atoms with Crippen LogP contribution in [0, 0.1) is 29.1 Å². The van der Waals surface area contributed by atoms with Gasteiger partial charge in [-0.1, -0.05) is 38.2 Å². The van der Waals surface area contributed by atoms with Gasteiger partial charge in [0, 0.05) is 5.92 Å². The molecule has 5 atom stereocenters. The second-order valence-corrected chi connectivity index (χ2v) is 11.4. The maximum Gasteiger partial charge on any atom is 0.241 e. The number of fused-ring (bicyclic) bond motifs is 1. The molecule has 1 heterocycles. The molecule has 4 heteroatoms. The van der Waals surface area contributed by atoms with Crippen molar-refractivity contribution in [3.8, 4) is 0 Å². The lowest BCUT2D eigenvalue weighted by molar-refractivity contribution is 0.0315. The Morgan fingerprint density at radius 2 is 1.88 bits per heavy atom. The molecule has 0 amide bonds. The number of allylic oxidation sites excluding steroid dienone is 3. The van der Waals surface area contributed by atoms with Gasteiger partial charge in [-0.25, -0.2) is 8.78 Å². The Bertz CT molecular complexity index is 736. The van der Waals surface area contributed by atoms with E-state index >= 15 is 0 Å². The molecule has 1 N–H and O–H groups in total.